The van der Waals surface area contributed by atoms with Crippen LogP contribution in [0.5, 0.6) is 0 Å². The van der Waals surface area contributed by atoms with E-state index in [1.807, 2.05) is 0 Å². The van der Waals surface area contributed by atoms with Gasteiger partial charge < -0.3 is 0 Å². The summed E-state index contributed by atoms with van der Waals surface area (Å²) in [6.45, 7) is 6.96. The molecule has 0 radical (unpaired) electrons. The summed E-state index contributed by atoms with van der Waals surface area (Å²) in [5, 5.41) is 0. The molecule has 1 aromatic heterocycles. The Kier molecular flexibility index (Phi) is 19.2. The fourth-order valence-corrected chi connectivity index (χ4v) is 5.65. The highest BCUT2D eigenvalue weighted by molar-refractivity contribution is 5.14. The van der Waals surface area contributed by atoms with Crippen molar-refractivity contribution >= 4 is 0 Å². The van der Waals surface area contributed by atoms with Crippen molar-refractivity contribution in [3.05, 3.63) is 54.1 Å². The molecule has 37 heavy (non-hydrogen) atoms. The van der Waals surface area contributed by atoms with Crippen molar-refractivity contribution in [1.82, 2.24) is 4.57 Å². The van der Waals surface area contributed by atoms with Crippen molar-refractivity contribution < 1.29 is 4.57 Å². The minimum Gasteiger partial charge on any atom is -0.234 e. The maximum Gasteiger partial charge on any atom is 0.256 e. The molecule has 0 saturated carbocycles. The fraction of sp³-hybridized carbons (Fsp3) is 0.743. The first-order valence-corrected chi connectivity index (χ1v) is 16.5. The molecular formula is C35H61N2+. The van der Waals surface area contributed by atoms with E-state index in [1.165, 1.54) is 153 Å². The Labute approximate surface area is 231 Å². The average molecular weight is 510 g/mol. The van der Waals surface area contributed by atoms with Crippen LogP contribution < -0.4 is 4.57 Å². The van der Waals surface area contributed by atoms with Gasteiger partial charge >= 0.3 is 0 Å². The summed E-state index contributed by atoms with van der Waals surface area (Å²) in [5.74, 6) is 1.58. The number of rotatable bonds is 25. The van der Waals surface area contributed by atoms with E-state index in [2.05, 4.69) is 65.7 Å². The third kappa shape index (κ3) is 15.4. The Bertz CT molecular complexity index is 748. The summed E-state index contributed by atoms with van der Waals surface area (Å²) >= 11 is 0. The standard InChI is InChI=1S/C35H61N2/c1-3-5-7-9-11-12-13-14-15-16-18-23-29-35-36(30-24-19-17-10-8-6-4-2)32-33-37(35)31-25-28-34-26-21-20-22-27-34/h20-22,26-27,32-33H,3-19,23-25,28-31H2,1-2H3/q+1. The molecule has 1 heterocycles. The Morgan fingerprint density at radius 3 is 1.62 bits per heavy atom. The van der Waals surface area contributed by atoms with E-state index >= 15 is 0 Å². The highest BCUT2D eigenvalue weighted by atomic mass is 15.1. The zero-order valence-corrected chi connectivity index (χ0v) is 24.9. The third-order valence-electron chi connectivity index (χ3n) is 8.05. The van der Waals surface area contributed by atoms with Crippen molar-refractivity contribution in [2.75, 3.05) is 0 Å². The predicted octanol–water partition coefficient (Wildman–Crippen LogP) is 10.4. The molecule has 0 aliphatic heterocycles. The number of unbranched alkanes of at least 4 members (excludes halogenated alkanes) is 17. The average Bonchev–Trinajstić information content (AvgIpc) is 3.30. The monoisotopic (exact) mass is 509 g/mol. The van der Waals surface area contributed by atoms with Gasteiger partial charge in [0.05, 0.1) is 13.1 Å². The second kappa shape index (κ2) is 22.4. The van der Waals surface area contributed by atoms with E-state index in [0.29, 0.717) is 0 Å². The van der Waals surface area contributed by atoms with E-state index in [0.717, 1.165) is 6.54 Å². The minimum absolute atomic E-state index is 1.15. The molecule has 0 fully saturated rings. The van der Waals surface area contributed by atoms with Gasteiger partial charge in [-0.2, -0.15) is 0 Å². The molecule has 0 amide bonds. The first kappa shape index (κ1) is 31.6. The molecular weight excluding hydrogens is 448 g/mol. The van der Waals surface area contributed by atoms with Crippen LogP contribution in [0.15, 0.2) is 42.7 Å². The lowest BCUT2D eigenvalue weighted by atomic mass is 10.0. The summed E-state index contributed by atoms with van der Waals surface area (Å²) in [7, 11) is 0. The van der Waals surface area contributed by atoms with Crippen LogP contribution in [0.3, 0.4) is 0 Å². The van der Waals surface area contributed by atoms with Gasteiger partial charge in [-0.05, 0) is 37.7 Å². The van der Waals surface area contributed by atoms with Gasteiger partial charge in [0.25, 0.3) is 5.82 Å². The zero-order valence-electron chi connectivity index (χ0n) is 24.9. The van der Waals surface area contributed by atoms with E-state index in [1.54, 1.807) is 5.82 Å². The fourth-order valence-electron chi connectivity index (χ4n) is 5.65. The normalized spacial score (nSPS) is 11.4. The van der Waals surface area contributed by atoms with E-state index < -0.39 is 0 Å². The molecule has 0 aliphatic rings. The molecule has 1 aromatic carbocycles. The SMILES string of the molecule is CCCCCCCCCCCCCCc1n(CCCCCCCCC)cc[n+]1CCCc1ccccc1. The van der Waals surface area contributed by atoms with E-state index in [4.69, 9.17) is 0 Å². The lowest BCUT2D eigenvalue weighted by Crippen LogP contribution is -2.37. The first-order valence-electron chi connectivity index (χ1n) is 16.5. The van der Waals surface area contributed by atoms with Crippen molar-refractivity contribution in [3.63, 3.8) is 0 Å². The molecule has 0 aliphatic carbocycles. The number of hydrogen-bond acceptors (Lipinski definition) is 0. The van der Waals surface area contributed by atoms with Crippen LogP contribution in [0.4, 0.5) is 0 Å². The zero-order chi connectivity index (χ0) is 26.2. The number of aryl methyl sites for hydroxylation is 3. The van der Waals surface area contributed by atoms with Crippen molar-refractivity contribution in [2.45, 2.75) is 168 Å². The van der Waals surface area contributed by atoms with Gasteiger partial charge in [-0.25, -0.2) is 9.13 Å². The van der Waals surface area contributed by atoms with Gasteiger partial charge in [-0.3, -0.25) is 0 Å². The van der Waals surface area contributed by atoms with Gasteiger partial charge in [-0.1, -0.05) is 147 Å². The van der Waals surface area contributed by atoms with Crippen LogP contribution >= 0.6 is 0 Å². The van der Waals surface area contributed by atoms with Crippen LogP contribution in [-0.4, -0.2) is 4.57 Å². The van der Waals surface area contributed by atoms with E-state index in [9.17, 15) is 0 Å². The Morgan fingerprint density at radius 2 is 1.05 bits per heavy atom. The van der Waals surface area contributed by atoms with Crippen molar-refractivity contribution in [2.24, 2.45) is 0 Å². The summed E-state index contributed by atoms with van der Waals surface area (Å²) in [6.07, 6.45) is 35.2. The van der Waals surface area contributed by atoms with Crippen LogP contribution in [0.1, 0.15) is 154 Å². The molecule has 0 atom stereocenters. The molecule has 210 valence electrons. The molecule has 0 unspecified atom stereocenters. The predicted molar refractivity (Wildman–Crippen MR) is 162 cm³/mol. The lowest BCUT2D eigenvalue weighted by molar-refractivity contribution is -0.704. The minimum atomic E-state index is 1.15. The quantitative estimate of drug-likeness (QED) is 0.0929. The molecule has 0 saturated heterocycles. The van der Waals surface area contributed by atoms with Crippen LogP contribution in [0, 0.1) is 0 Å². The highest BCUT2D eigenvalue weighted by Gasteiger charge is 2.16. The highest BCUT2D eigenvalue weighted by Crippen LogP contribution is 2.14. The summed E-state index contributed by atoms with van der Waals surface area (Å²) in [6, 6.07) is 11.0. The number of benzene rings is 1. The van der Waals surface area contributed by atoms with Crippen molar-refractivity contribution in [3.8, 4) is 0 Å². The molecule has 2 heteroatoms. The molecule has 0 bridgehead atoms. The molecule has 2 nitrogen and oxygen atoms in total. The summed E-state index contributed by atoms with van der Waals surface area (Å²) in [5.41, 5.74) is 1.47. The van der Waals surface area contributed by atoms with Gasteiger partial charge in [0.1, 0.15) is 12.4 Å². The second-order valence-corrected chi connectivity index (χ2v) is 11.5. The van der Waals surface area contributed by atoms with Gasteiger partial charge in [0.15, 0.2) is 0 Å². The Morgan fingerprint density at radius 1 is 0.541 bits per heavy atom. The van der Waals surface area contributed by atoms with Gasteiger partial charge in [-0.15, -0.1) is 0 Å². The third-order valence-corrected chi connectivity index (χ3v) is 8.05. The largest absolute Gasteiger partial charge is 0.256 e. The topological polar surface area (TPSA) is 8.81 Å². The lowest BCUT2D eigenvalue weighted by Gasteiger charge is -2.07. The number of nitrogens with zero attached hydrogens (tertiary/aromatic N) is 2. The van der Waals surface area contributed by atoms with Crippen LogP contribution in [-0.2, 0) is 25.9 Å². The van der Waals surface area contributed by atoms with Crippen LogP contribution in [0.2, 0.25) is 0 Å². The summed E-state index contributed by atoms with van der Waals surface area (Å²) in [4.78, 5) is 0. The smallest absolute Gasteiger partial charge is 0.234 e. The van der Waals surface area contributed by atoms with Crippen LogP contribution in [0.25, 0.3) is 0 Å². The molecule has 0 spiro atoms. The number of imidazole rings is 1. The molecule has 0 N–H and O–H groups in total. The first-order chi connectivity index (χ1) is 18.3. The number of hydrogen-bond donors (Lipinski definition) is 0. The molecule has 2 rings (SSSR count). The summed E-state index contributed by atoms with van der Waals surface area (Å²) < 4.78 is 5.16. The van der Waals surface area contributed by atoms with E-state index in [-0.39, 0.29) is 0 Å². The maximum absolute atomic E-state index is 2.59. The van der Waals surface area contributed by atoms with Crippen molar-refractivity contribution in [1.29, 1.82) is 0 Å². The van der Waals surface area contributed by atoms with Gasteiger partial charge in [0, 0.05) is 6.42 Å². The maximum atomic E-state index is 2.59. The second-order valence-electron chi connectivity index (χ2n) is 11.5. The number of aromatic nitrogens is 2. The Balaban J connectivity index is 1.69. The van der Waals surface area contributed by atoms with Gasteiger partial charge in [0.2, 0.25) is 0 Å². The Hall–Kier alpha value is -1.57. The molecule has 2 aromatic rings.